The third kappa shape index (κ3) is 1.80. The van der Waals surface area contributed by atoms with E-state index in [0.717, 1.165) is 5.57 Å². The van der Waals surface area contributed by atoms with E-state index in [9.17, 15) is 14.7 Å². The normalized spacial score (nSPS) is 14.7. The van der Waals surface area contributed by atoms with Crippen LogP contribution in [0.25, 0.3) is 0 Å². The molecule has 0 saturated carbocycles. The van der Waals surface area contributed by atoms with Crippen molar-refractivity contribution in [3.8, 4) is 0 Å². The summed E-state index contributed by atoms with van der Waals surface area (Å²) in [6.45, 7) is 3.61. The van der Waals surface area contributed by atoms with Crippen LogP contribution in [0.3, 0.4) is 0 Å². The van der Waals surface area contributed by atoms with E-state index in [4.69, 9.17) is 0 Å². The molecule has 0 amide bonds. The highest BCUT2D eigenvalue weighted by Crippen LogP contribution is 2.26. The highest BCUT2D eigenvalue weighted by atomic mass is 16.3. The summed E-state index contributed by atoms with van der Waals surface area (Å²) >= 11 is 0. The van der Waals surface area contributed by atoms with Gasteiger partial charge < -0.3 is 5.11 Å². The molecule has 2 rings (SSSR count). The summed E-state index contributed by atoms with van der Waals surface area (Å²) in [4.78, 5) is 24.0. The molecule has 0 atom stereocenters. The quantitative estimate of drug-likeness (QED) is 0.804. The number of fused-ring (bicyclic) bond motifs is 1. The molecule has 3 nitrogen and oxygen atoms in total. The van der Waals surface area contributed by atoms with Gasteiger partial charge in [-0.05, 0) is 19.9 Å². The van der Waals surface area contributed by atoms with Gasteiger partial charge in [-0.2, -0.15) is 0 Å². The van der Waals surface area contributed by atoms with Crippen molar-refractivity contribution in [2.75, 3.05) is 0 Å². The fourth-order valence-electron chi connectivity index (χ4n) is 1.80. The Kier molecular flexibility index (Phi) is 2.68. The molecule has 0 unspecified atom stereocenters. The first-order valence-corrected chi connectivity index (χ1v) is 5.29. The van der Waals surface area contributed by atoms with Crippen LogP contribution < -0.4 is 0 Å². The molecule has 0 heterocycles. The van der Waals surface area contributed by atoms with Crippen molar-refractivity contribution in [2.24, 2.45) is 0 Å². The monoisotopic (exact) mass is 228 g/mol. The van der Waals surface area contributed by atoms with E-state index in [2.05, 4.69) is 0 Å². The van der Waals surface area contributed by atoms with Crippen LogP contribution in [0, 0.1) is 0 Å². The summed E-state index contributed by atoms with van der Waals surface area (Å²) in [7, 11) is 0. The van der Waals surface area contributed by atoms with Crippen LogP contribution in [0.1, 0.15) is 34.6 Å². The first kappa shape index (κ1) is 11.3. The number of ketones is 2. The molecule has 0 bridgehead atoms. The summed E-state index contributed by atoms with van der Waals surface area (Å²) in [6, 6.07) is 6.52. The molecule has 0 aliphatic heterocycles. The van der Waals surface area contributed by atoms with E-state index in [1.807, 2.05) is 0 Å². The van der Waals surface area contributed by atoms with Crippen molar-refractivity contribution in [3.63, 3.8) is 0 Å². The Morgan fingerprint density at radius 3 is 2.12 bits per heavy atom. The highest BCUT2D eigenvalue weighted by molar-refractivity contribution is 6.27. The van der Waals surface area contributed by atoms with Gasteiger partial charge in [-0.25, -0.2) is 0 Å². The lowest BCUT2D eigenvalue weighted by atomic mass is 9.87. The van der Waals surface area contributed by atoms with Gasteiger partial charge in [-0.1, -0.05) is 29.8 Å². The summed E-state index contributed by atoms with van der Waals surface area (Å²) in [5.41, 5.74) is 1.55. The minimum Gasteiger partial charge on any atom is -0.504 e. The average Bonchev–Trinajstić information content (AvgIpc) is 2.31. The zero-order chi connectivity index (χ0) is 12.6. The summed E-state index contributed by atoms with van der Waals surface area (Å²) in [6.07, 6.45) is 1.53. The minimum absolute atomic E-state index is 0.0775. The van der Waals surface area contributed by atoms with Crippen LogP contribution in [0.2, 0.25) is 0 Å². The molecule has 1 N–H and O–H groups in total. The van der Waals surface area contributed by atoms with Gasteiger partial charge in [0.25, 0.3) is 0 Å². The molecule has 3 heteroatoms. The van der Waals surface area contributed by atoms with E-state index in [0.29, 0.717) is 5.56 Å². The van der Waals surface area contributed by atoms with Gasteiger partial charge in [0.05, 0.1) is 5.57 Å². The standard InChI is InChI=1S/C14H12O3/c1-8(2)7-11-12(15)9-5-3-4-6-10(9)13(16)14(11)17/h3-7,17H,1-2H3. The van der Waals surface area contributed by atoms with E-state index in [1.54, 1.807) is 38.1 Å². The molecule has 0 aromatic heterocycles. The molecule has 1 aliphatic carbocycles. The van der Waals surface area contributed by atoms with Gasteiger partial charge in [-0.15, -0.1) is 0 Å². The topological polar surface area (TPSA) is 54.4 Å². The molecular formula is C14H12O3. The first-order valence-electron chi connectivity index (χ1n) is 5.29. The molecule has 86 valence electrons. The molecule has 0 radical (unpaired) electrons. The van der Waals surface area contributed by atoms with Crippen molar-refractivity contribution >= 4 is 11.6 Å². The number of carbonyl (C=O) groups excluding carboxylic acids is 2. The van der Waals surface area contributed by atoms with Crippen LogP contribution in [-0.2, 0) is 0 Å². The van der Waals surface area contributed by atoms with Crippen LogP contribution in [0.15, 0.2) is 47.2 Å². The molecule has 17 heavy (non-hydrogen) atoms. The number of hydrogen-bond acceptors (Lipinski definition) is 3. The number of Topliss-reactive ketones (excluding diaryl/α,β-unsaturated/α-hetero) is 2. The SMILES string of the molecule is CC(C)=CC1=C(O)C(=O)c2ccccc2C1=O. The minimum atomic E-state index is -0.493. The Labute approximate surface area is 99.1 Å². The van der Waals surface area contributed by atoms with Crippen molar-refractivity contribution in [1.29, 1.82) is 0 Å². The van der Waals surface area contributed by atoms with Crippen molar-refractivity contribution in [3.05, 3.63) is 58.4 Å². The maximum Gasteiger partial charge on any atom is 0.228 e. The van der Waals surface area contributed by atoms with Crippen molar-refractivity contribution in [2.45, 2.75) is 13.8 Å². The lowest BCUT2D eigenvalue weighted by molar-refractivity contribution is 0.0932. The fraction of sp³-hybridized carbons (Fsp3) is 0.143. The predicted molar refractivity (Wildman–Crippen MR) is 64.2 cm³/mol. The second kappa shape index (κ2) is 4.01. The van der Waals surface area contributed by atoms with Gasteiger partial charge in [0, 0.05) is 11.1 Å². The Bertz CT molecular complexity index is 573. The largest absolute Gasteiger partial charge is 0.504 e. The molecule has 1 aromatic carbocycles. The summed E-state index contributed by atoms with van der Waals surface area (Å²) < 4.78 is 0. The molecule has 0 saturated heterocycles. The maximum absolute atomic E-state index is 12.1. The van der Waals surface area contributed by atoms with E-state index < -0.39 is 11.5 Å². The Balaban J connectivity index is 2.66. The Morgan fingerprint density at radius 1 is 1.06 bits per heavy atom. The van der Waals surface area contributed by atoms with E-state index >= 15 is 0 Å². The number of aliphatic hydroxyl groups excluding tert-OH is 1. The third-order valence-corrected chi connectivity index (χ3v) is 2.56. The smallest absolute Gasteiger partial charge is 0.228 e. The molecule has 1 aliphatic rings. The predicted octanol–water partition coefficient (Wildman–Crippen LogP) is 2.84. The first-order chi connectivity index (χ1) is 8.02. The van der Waals surface area contributed by atoms with Crippen LogP contribution in [0.4, 0.5) is 0 Å². The van der Waals surface area contributed by atoms with Crippen molar-refractivity contribution < 1.29 is 14.7 Å². The van der Waals surface area contributed by atoms with Crippen LogP contribution >= 0.6 is 0 Å². The second-order valence-electron chi connectivity index (χ2n) is 4.19. The highest BCUT2D eigenvalue weighted by Gasteiger charge is 2.30. The second-order valence-corrected chi connectivity index (χ2v) is 4.19. The summed E-state index contributed by atoms with van der Waals surface area (Å²) in [5, 5.41) is 9.77. The van der Waals surface area contributed by atoms with Gasteiger partial charge in [0.2, 0.25) is 5.78 Å². The molecular weight excluding hydrogens is 216 g/mol. The van der Waals surface area contributed by atoms with Gasteiger partial charge >= 0.3 is 0 Å². The third-order valence-electron chi connectivity index (χ3n) is 2.56. The maximum atomic E-state index is 12.1. The van der Waals surface area contributed by atoms with E-state index in [1.165, 1.54) is 6.08 Å². The zero-order valence-electron chi connectivity index (χ0n) is 9.65. The molecule has 0 spiro atoms. The number of allylic oxidation sites excluding steroid dienone is 4. The summed E-state index contributed by atoms with van der Waals surface area (Å²) in [5.74, 6) is -1.26. The van der Waals surface area contributed by atoms with E-state index in [-0.39, 0.29) is 16.9 Å². The molecule has 1 aromatic rings. The van der Waals surface area contributed by atoms with Crippen molar-refractivity contribution in [1.82, 2.24) is 0 Å². The van der Waals surface area contributed by atoms with Crippen LogP contribution in [0.5, 0.6) is 0 Å². The lowest BCUT2D eigenvalue weighted by Crippen LogP contribution is -2.21. The lowest BCUT2D eigenvalue weighted by Gasteiger charge is -2.15. The number of aliphatic hydroxyl groups is 1. The average molecular weight is 228 g/mol. The fourth-order valence-corrected chi connectivity index (χ4v) is 1.80. The number of carbonyl (C=O) groups is 2. The van der Waals surface area contributed by atoms with Gasteiger partial charge in [0.1, 0.15) is 0 Å². The molecule has 0 fully saturated rings. The van der Waals surface area contributed by atoms with Crippen LogP contribution in [-0.4, -0.2) is 16.7 Å². The Morgan fingerprint density at radius 2 is 1.59 bits per heavy atom. The van der Waals surface area contributed by atoms with Gasteiger partial charge in [-0.3, -0.25) is 9.59 Å². The number of hydrogen-bond donors (Lipinski definition) is 1. The zero-order valence-corrected chi connectivity index (χ0v) is 9.65. The Hall–Kier alpha value is -2.16. The number of rotatable bonds is 1. The van der Waals surface area contributed by atoms with Gasteiger partial charge in [0.15, 0.2) is 11.5 Å². The number of benzene rings is 1.